The van der Waals surface area contributed by atoms with Gasteiger partial charge in [-0.2, -0.15) is 0 Å². The molecule has 0 bridgehead atoms. The first-order valence-corrected chi connectivity index (χ1v) is 34.9. The summed E-state index contributed by atoms with van der Waals surface area (Å²) in [7, 11) is 0. The molecule has 0 atom stereocenters. The van der Waals surface area contributed by atoms with Crippen LogP contribution in [0.15, 0.2) is 0 Å². The van der Waals surface area contributed by atoms with Crippen molar-refractivity contribution in [1.82, 2.24) is 37.2 Å². The second-order valence-electron chi connectivity index (χ2n) is 32.4. The molecule has 7 N–H and O–H groups in total. The van der Waals surface area contributed by atoms with Crippen LogP contribution in [0.2, 0.25) is 0 Å². The molecule has 0 rings (SSSR count). The van der Waals surface area contributed by atoms with E-state index < -0.39 is 118 Å². The van der Waals surface area contributed by atoms with E-state index >= 15 is 0 Å². The predicted molar refractivity (Wildman–Crippen MR) is 376 cm³/mol. The Bertz CT molecular complexity index is 2300. The average molecular weight is 1430 g/mol. The SMILES string of the molecule is CC(C)(C)C(=O)CCCNC(=O)OCC(COC(=O)CCCNC(=O)C(C)(C)C)(COC(=O)CCCNC(=O)C(C)(C)C)COC(=O)NCCCC(=O)C(C)(C)C.CC(C)(C)C(=O)CCCNC(=O)OCC(COC(=O)CCCNC(=O)C(C)(C)C)COC(=O)CCCNC(=O)C(C)(C)C. The number of ketones is 3. The molecule has 0 aliphatic heterocycles. The highest BCUT2D eigenvalue weighted by Gasteiger charge is 2.39. The van der Waals surface area contributed by atoms with Gasteiger partial charge in [0.2, 0.25) is 23.6 Å². The molecule has 100 heavy (non-hydrogen) atoms. The van der Waals surface area contributed by atoms with Gasteiger partial charge in [0, 0.05) is 129 Å². The van der Waals surface area contributed by atoms with Crippen molar-refractivity contribution in [3.8, 4) is 0 Å². The molecule has 0 aliphatic carbocycles. The van der Waals surface area contributed by atoms with Gasteiger partial charge in [0.1, 0.15) is 69.0 Å². The lowest BCUT2D eigenvalue weighted by Gasteiger charge is -2.31. The highest BCUT2D eigenvalue weighted by molar-refractivity contribution is 5.85. The van der Waals surface area contributed by atoms with Crippen molar-refractivity contribution in [1.29, 1.82) is 0 Å². The molecule has 0 saturated carbocycles. The molecular formula is C72H127N7O21. The standard InChI is InChI=1S/C41H72N4O12.C31H55N3O9/c1-37(2,3)29(46)17-13-23-44-35(52)56-27-41(25-54-31(48)19-15-21-42-33(50)39(7,8)9,26-55-32(49)20-16-22-43-34(51)40(10,11)12)28-57-36(53)45-24-14-18-30(47)38(4,5)6;1-29(2,3)23(35)13-10-18-34-28(40)43-21-22(19-41-24(36)14-11-16-32-26(38)30(4,5)6)20-42-25(37)15-12-17-33-27(39)31(7,8)9/h13-28H2,1-12H3,(H,42,50)(H,43,51)(H,44,52)(H,45,53);22H,10-21H2,1-9H3,(H,32,38)(H,33,39)(H,34,40). The molecule has 0 heterocycles. The summed E-state index contributed by atoms with van der Waals surface area (Å²) in [4.78, 5) is 173. The number of carbonyl (C=O) groups excluding carboxylic acids is 14. The third-order valence-electron chi connectivity index (χ3n) is 14.7. The van der Waals surface area contributed by atoms with Crippen LogP contribution in [0.1, 0.15) is 235 Å². The van der Waals surface area contributed by atoms with Crippen LogP contribution in [-0.2, 0) is 85.9 Å². The van der Waals surface area contributed by atoms with Gasteiger partial charge in [-0.25, -0.2) is 14.4 Å². The van der Waals surface area contributed by atoms with E-state index in [0.29, 0.717) is 51.6 Å². The molecule has 0 spiro atoms. The zero-order valence-electron chi connectivity index (χ0n) is 64.4. The molecule has 7 amide bonds. The lowest BCUT2D eigenvalue weighted by atomic mass is 9.88. The Labute approximate surface area is 595 Å². The van der Waals surface area contributed by atoms with Crippen molar-refractivity contribution in [2.45, 2.75) is 235 Å². The van der Waals surface area contributed by atoms with E-state index in [1.807, 2.05) is 62.3 Å². The maximum Gasteiger partial charge on any atom is 0.407 e. The van der Waals surface area contributed by atoms with Crippen LogP contribution in [0.3, 0.4) is 0 Å². The number of alkyl carbamates (subject to hydrolysis) is 3. The van der Waals surface area contributed by atoms with Crippen molar-refractivity contribution < 1.29 is 100 Å². The summed E-state index contributed by atoms with van der Waals surface area (Å²) in [5.41, 5.74) is -5.32. The van der Waals surface area contributed by atoms with Gasteiger partial charge in [-0.1, -0.05) is 145 Å². The number of ether oxygens (including phenoxy) is 7. The van der Waals surface area contributed by atoms with Crippen molar-refractivity contribution in [2.24, 2.45) is 49.2 Å². The van der Waals surface area contributed by atoms with E-state index in [4.69, 9.17) is 33.2 Å². The molecule has 0 aromatic heterocycles. The van der Waals surface area contributed by atoms with Gasteiger partial charge < -0.3 is 70.4 Å². The van der Waals surface area contributed by atoms with E-state index in [2.05, 4.69) is 37.2 Å². The first-order chi connectivity index (χ1) is 45.8. The highest BCUT2D eigenvalue weighted by Crippen LogP contribution is 2.24. The number of Topliss-reactive ketones (excluding diaryl/α,β-unsaturated/α-hetero) is 3. The summed E-state index contributed by atoms with van der Waals surface area (Å²) >= 11 is 0. The van der Waals surface area contributed by atoms with E-state index in [1.165, 1.54) is 0 Å². The van der Waals surface area contributed by atoms with E-state index in [0.717, 1.165) is 0 Å². The molecule has 576 valence electrons. The molecule has 0 aliphatic rings. The quantitative estimate of drug-likeness (QED) is 0.0170. The monoisotopic (exact) mass is 1430 g/mol. The minimum absolute atomic E-state index is 0.0321. The largest absolute Gasteiger partial charge is 0.465 e. The van der Waals surface area contributed by atoms with Crippen LogP contribution in [-0.4, -0.2) is 175 Å². The second kappa shape index (κ2) is 46.2. The smallest absolute Gasteiger partial charge is 0.407 e. The number of hydrogen-bond acceptors (Lipinski definition) is 21. The third-order valence-corrected chi connectivity index (χ3v) is 14.7. The van der Waals surface area contributed by atoms with E-state index in [9.17, 15) is 67.1 Å². The minimum Gasteiger partial charge on any atom is -0.465 e. The average Bonchev–Trinajstić information content (AvgIpc) is 0.853. The summed E-state index contributed by atoms with van der Waals surface area (Å²) in [6.07, 6.45) is 0.892. The van der Waals surface area contributed by atoms with Crippen LogP contribution in [0.4, 0.5) is 14.4 Å². The summed E-state index contributed by atoms with van der Waals surface area (Å²) in [6, 6.07) is 0. The van der Waals surface area contributed by atoms with Gasteiger partial charge >= 0.3 is 42.2 Å². The molecule has 0 aromatic rings. The summed E-state index contributed by atoms with van der Waals surface area (Å²) in [5.74, 6) is -3.35. The second-order valence-corrected chi connectivity index (χ2v) is 32.4. The molecule has 0 fully saturated rings. The van der Waals surface area contributed by atoms with Crippen molar-refractivity contribution in [3.05, 3.63) is 0 Å². The zero-order valence-corrected chi connectivity index (χ0v) is 64.4. The highest BCUT2D eigenvalue weighted by atomic mass is 16.6. The van der Waals surface area contributed by atoms with Crippen LogP contribution < -0.4 is 37.2 Å². The Hall–Kier alpha value is -7.42. The lowest BCUT2D eigenvalue weighted by molar-refractivity contribution is -0.159. The first-order valence-electron chi connectivity index (χ1n) is 34.9. The third kappa shape index (κ3) is 48.4. The van der Waals surface area contributed by atoms with Gasteiger partial charge in [0.05, 0.1) is 5.92 Å². The summed E-state index contributed by atoms with van der Waals surface area (Å²) in [5, 5.41) is 18.8. The Morgan fingerprint density at radius 2 is 0.440 bits per heavy atom. The zero-order chi connectivity index (χ0) is 77.4. The number of esters is 4. The van der Waals surface area contributed by atoms with Crippen LogP contribution in [0.5, 0.6) is 0 Å². The Morgan fingerprint density at radius 3 is 0.680 bits per heavy atom. The van der Waals surface area contributed by atoms with Gasteiger partial charge in [0.15, 0.2) is 0 Å². The van der Waals surface area contributed by atoms with Crippen molar-refractivity contribution in [2.75, 3.05) is 92.1 Å². The van der Waals surface area contributed by atoms with Gasteiger partial charge in [-0.05, 0) is 44.9 Å². The summed E-state index contributed by atoms with van der Waals surface area (Å²) in [6.45, 7) is 36.9. The Kier molecular flexibility index (Phi) is 43.7. The number of hydrogen-bond donors (Lipinski definition) is 7. The van der Waals surface area contributed by atoms with Crippen molar-refractivity contribution in [3.63, 3.8) is 0 Å². The normalized spacial score (nSPS) is 12.0. The number of amides is 7. The fourth-order valence-electron chi connectivity index (χ4n) is 7.60. The number of nitrogens with one attached hydrogen (secondary N) is 7. The minimum atomic E-state index is -1.56. The molecule has 0 radical (unpaired) electrons. The topological polar surface area (TPSA) is 388 Å². The van der Waals surface area contributed by atoms with Crippen LogP contribution in [0.25, 0.3) is 0 Å². The summed E-state index contributed by atoms with van der Waals surface area (Å²) < 4.78 is 38.0. The lowest BCUT2D eigenvalue weighted by Crippen LogP contribution is -2.45. The predicted octanol–water partition coefficient (Wildman–Crippen LogP) is 8.88. The fraction of sp³-hybridized carbons (Fsp3) is 0.806. The molecule has 0 unspecified atom stereocenters. The molecule has 0 saturated heterocycles. The Balaban J connectivity index is 0. The molecule has 0 aromatic carbocycles. The maximum absolute atomic E-state index is 12.9. The fourth-order valence-corrected chi connectivity index (χ4v) is 7.60. The van der Waals surface area contributed by atoms with Gasteiger partial charge in [-0.15, -0.1) is 0 Å². The van der Waals surface area contributed by atoms with Gasteiger partial charge in [-0.3, -0.25) is 52.7 Å². The van der Waals surface area contributed by atoms with E-state index in [1.54, 1.807) is 83.1 Å². The van der Waals surface area contributed by atoms with Crippen LogP contribution in [0, 0.1) is 49.2 Å². The van der Waals surface area contributed by atoms with Gasteiger partial charge in [0.25, 0.3) is 0 Å². The molecular weight excluding hydrogens is 1300 g/mol. The Morgan fingerprint density at radius 1 is 0.240 bits per heavy atom. The molecule has 28 nitrogen and oxygen atoms in total. The van der Waals surface area contributed by atoms with Crippen molar-refractivity contribution >= 4 is 83.1 Å². The van der Waals surface area contributed by atoms with E-state index in [-0.39, 0.29) is 145 Å². The maximum atomic E-state index is 12.9. The number of carbonyl (C=O) groups is 14. The number of rotatable bonds is 42. The van der Waals surface area contributed by atoms with Crippen LogP contribution >= 0.6 is 0 Å². The molecule has 28 heteroatoms. The first kappa shape index (κ1) is 94.6.